The molecule has 0 spiro atoms. The molecule has 2 aromatic carbocycles. The molecule has 4 rings (SSSR count). The number of rotatable bonds is 7. The number of nitrogens with zero attached hydrogens (tertiary/aromatic N) is 2. The minimum Gasteiger partial charge on any atom is -0.497 e. The molecular formula is C24H24N2O4S. The third-order valence-corrected chi connectivity index (χ3v) is 6.72. The number of amides is 1. The molecule has 0 radical (unpaired) electrons. The van der Waals surface area contributed by atoms with Gasteiger partial charge < -0.3 is 14.2 Å². The van der Waals surface area contributed by atoms with Crippen LogP contribution in [0.2, 0.25) is 0 Å². The minimum absolute atomic E-state index is 0.0819. The molecular weight excluding hydrogens is 412 g/mol. The van der Waals surface area contributed by atoms with Gasteiger partial charge in [-0.25, -0.2) is 8.42 Å². The van der Waals surface area contributed by atoms with Crippen LogP contribution < -0.4 is 4.74 Å². The van der Waals surface area contributed by atoms with E-state index in [2.05, 4.69) is 0 Å². The second-order valence-corrected chi connectivity index (χ2v) is 9.46. The normalized spacial score (nSPS) is 16.9. The van der Waals surface area contributed by atoms with Crippen molar-refractivity contribution in [1.82, 2.24) is 9.47 Å². The Kier molecular flexibility index (Phi) is 5.95. The van der Waals surface area contributed by atoms with Crippen LogP contribution in [0.5, 0.6) is 5.75 Å². The average molecular weight is 437 g/mol. The molecule has 1 aromatic heterocycles. The van der Waals surface area contributed by atoms with Crippen molar-refractivity contribution in [1.29, 1.82) is 0 Å². The summed E-state index contributed by atoms with van der Waals surface area (Å²) in [4.78, 5) is 14.9. The van der Waals surface area contributed by atoms with Crippen LogP contribution >= 0.6 is 0 Å². The summed E-state index contributed by atoms with van der Waals surface area (Å²) in [5, 5.41) is 1.21. The van der Waals surface area contributed by atoms with E-state index in [1.807, 2.05) is 77.6 Å². The van der Waals surface area contributed by atoms with Gasteiger partial charge in [0, 0.05) is 30.0 Å². The third kappa shape index (κ3) is 5.06. The van der Waals surface area contributed by atoms with Gasteiger partial charge in [-0.1, -0.05) is 24.3 Å². The molecule has 160 valence electrons. The van der Waals surface area contributed by atoms with Gasteiger partial charge >= 0.3 is 0 Å². The van der Waals surface area contributed by atoms with Gasteiger partial charge in [0.05, 0.1) is 25.3 Å². The summed E-state index contributed by atoms with van der Waals surface area (Å²) >= 11 is 0. The molecule has 7 heteroatoms. The molecule has 1 aliphatic heterocycles. The Morgan fingerprint density at radius 1 is 1.03 bits per heavy atom. The number of aromatic nitrogens is 1. The summed E-state index contributed by atoms with van der Waals surface area (Å²) in [6.45, 7) is 0.328. The Labute approximate surface area is 182 Å². The zero-order valence-corrected chi connectivity index (χ0v) is 18.0. The Morgan fingerprint density at radius 3 is 2.26 bits per heavy atom. The molecule has 0 bridgehead atoms. The first-order valence-corrected chi connectivity index (χ1v) is 11.7. The van der Waals surface area contributed by atoms with E-state index in [4.69, 9.17) is 4.74 Å². The lowest BCUT2D eigenvalue weighted by Gasteiger charge is -2.28. The Bertz CT molecular complexity index is 1170. The van der Waals surface area contributed by atoms with Crippen LogP contribution in [-0.4, -0.2) is 42.7 Å². The number of ether oxygens (including phenoxy) is 1. The van der Waals surface area contributed by atoms with E-state index in [1.54, 1.807) is 18.1 Å². The molecule has 0 N–H and O–H groups in total. The maximum Gasteiger partial charge on any atom is 0.227 e. The molecule has 31 heavy (non-hydrogen) atoms. The number of sulfone groups is 1. The number of benzene rings is 2. The summed E-state index contributed by atoms with van der Waals surface area (Å²) in [5.74, 6) is 0.533. The molecule has 2 heterocycles. The first-order chi connectivity index (χ1) is 14.9. The van der Waals surface area contributed by atoms with Crippen LogP contribution in [0.25, 0.3) is 5.69 Å². The fourth-order valence-corrected chi connectivity index (χ4v) is 4.94. The highest BCUT2D eigenvalue weighted by molar-refractivity contribution is 7.94. The van der Waals surface area contributed by atoms with Crippen LogP contribution in [0, 0.1) is 0 Å². The van der Waals surface area contributed by atoms with E-state index < -0.39 is 15.9 Å². The van der Waals surface area contributed by atoms with Gasteiger partial charge in [-0.2, -0.15) is 0 Å². The van der Waals surface area contributed by atoms with E-state index in [0.29, 0.717) is 6.54 Å². The topological polar surface area (TPSA) is 68.6 Å². The Morgan fingerprint density at radius 2 is 1.68 bits per heavy atom. The van der Waals surface area contributed by atoms with Crippen LogP contribution in [0.3, 0.4) is 0 Å². The standard InChI is InChI=1S/C24H24N2O4S/c1-30-23-10-6-20(7-11-23)17-26(22-12-15-31(28,29)18-22)24(27)16-19-4-8-21(9-5-19)25-13-2-3-14-25/h2-15,22H,16-18H2,1H3. The molecule has 0 fully saturated rings. The Hall–Kier alpha value is -3.32. The molecule has 0 aliphatic carbocycles. The highest BCUT2D eigenvalue weighted by Crippen LogP contribution is 2.21. The minimum atomic E-state index is -3.28. The molecule has 3 aromatic rings. The fraction of sp³-hybridized carbons (Fsp3) is 0.208. The molecule has 1 unspecified atom stereocenters. The van der Waals surface area contributed by atoms with E-state index in [-0.39, 0.29) is 18.1 Å². The molecule has 0 saturated heterocycles. The van der Waals surface area contributed by atoms with E-state index in [1.165, 1.54) is 5.41 Å². The first-order valence-electron chi connectivity index (χ1n) is 9.99. The smallest absolute Gasteiger partial charge is 0.227 e. The van der Waals surface area contributed by atoms with Gasteiger partial charge in [0.25, 0.3) is 0 Å². The third-order valence-electron chi connectivity index (χ3n) is 5.34. The van der Waals surface area contributed by atoms with Crippen LogP contribution in [-0.2, 0) is 27.6 Å². The second kappa shape index (κ2) is 8.81. The lowest BCUT2D eigenvalue weighted by Crippen LogP contribution is -2.41. The van der Waals surface area contributed by atoms with Gasteiger partial charge in [-0.15, -0.1) is 0 Å². The second-order valence-electron chi connectivity index (χ2n) is 7.53. The highest BCUT2D eigenvalue weighted by atomic mass is 32.2. The zero-order chi connectivity index (χ0) is 21.8. The van der Waals surface area contributed by atoms with Crippen molar-refractivity contribution in [2.24, 2.45) is 0 Å². The maximum absolute atomic E-state index is 13.2. The van der Waals surface area contributed by atoms with Gasteiger partial charge in [-0.05, 0) is 53.6 Å². The van der Waals surface area contributed by atoms with Crippen molar-refractivity contribution in [2.45, 2.75) is 19.0 Å². The number of methoxy groups -OCH3 is 1. The molecule has 1 atom stereocenters. The van der Waals surface area contributed by atoms with Crippen molar-refractivity contribution in [3.05, 3.63) is 95.7 Å². The van der Waals surface area contributed by atoms with Crippen molar-refractivity contribution < 1.29 is 17.9 Å². The van der Waals surface area contributed by atoms with Crippen LogP contribution in [0.1, 0.15) is 11.1 Å². The number of hydrogen-bond donors (Lipinski definition) is 0. The monoisotopic (exact) mass is 436 g/mol. The molecule has 6 nitrogen and oxygen atoms in total. The highest BCUT2D eigenvalue weighted by Gasteiger charge is 2.30. The lowest BCUT2D eigenvalue weighted by atomic mass is 10.1. The average Bonchev–Trinajstić information content (AvgIpc) is 3.42. The van der Waals surface area contributed by atoms with Crippen LogP contribution in [0.4, 0.5) is 0 Å². The summed E-state index contributed by atoms with van der Waals surface area (Å²) in [7, 11) is -1.68. The van der Waals surface area contributed by atoms with Gasteiger partial charge in [0.15, 0.2) is 9.84 Å². The quantitative estimate of drug-likeness (QED) is 0.570. The van der Waals surface area contributed by atoms with Gasteiger partial charge in [0.2, 0.25) is 5.91 Å². The zero-order valence-electron chi connectivity index (χ0n) is 17.2. The number of carbonyl (C=O) groups is 1. The van der Waals surface area contributed by atoms with Gasteiger partial charge in [-0.3, -0.25) is 4.79 Å². The summed E-state index contributed by atoms with van der Waals surface area (Å²) < 4.78 is 31.1. The van der Waals surface area contributed by atoms with Crippen molar-refractivity contribution in [3.63, 3.8) is 0 Å². The number of hydrogen-bond acceptors (Lipinski definition) is 4. The SMILES string of the molecule is COc1ccc(CN(C(=O)Cc2ccc(-n3cccc3)cc2)C2C=CS(=O)(=O)C2)cc1. The maximum atomic E-state index is 13.2. The van der Waals surface area contributed by atoms with E-state index in [9.17, 15) is 13.2 Å². The lowest BCUT2D eigenvalue weighted by molar-refractivity contribution is -0.132. The molecule has 1 aliphatic rings. The fourth-order valence-electron chi connectivity index (χ4n) is 3.64. The summed E-state index contributed by atoms with van der Waals surface area (Å²) in [6, 6.07) is 18.7. The van der Waals surface area contributed by atoms with Crippen LogP contribution in [0.15, 0.2) is 84.5 Å². The van der Waals surface area contributed by atoms with Crippen molar-refractivity contribution in [2.75, 3.05) is 12.9 Å². The van der Waals surface area contributed by atoms with E-state index in [0.717, 1.165) is 22.6 Å². The van der Waals surface area contributed by atoms with E-state index >= 15 is 0 Å². The van der Waals surface area contributed by atoms with Crippen molar-refractivity contribution >= 4 is 15.7 Å². The molecule has 0 saturated carbocycles. The molecule has 1 amide bonds. The predicted octanol–water partition coefficient (Wildman–Crippen LogP) is 3.37. The largest absolute Gasteiger partial charge is 0.497 e. The summed E-state index contributed by atoms with van der Waals surface area (Å²) in [5.41, 5.74) is 2.81. The van der Waals surface area contributed by atoms with Gasteiger partial charge in [0.1, 0.15) is 5.75 Å². The van der Waals surface area contributed by atoms with Crippen molar-refractivity contribution in [3.8, 4) is 11.4 Å². The predicted molar refractivity (Wildman–Crippen MR) is 120 cm³/mol. The number of carbonyl (C=O) groups excluding carboxylic acids is 1. The summed E-state index contributed by atoms with van der Waals surface area (Å²) in [6.07, 6.45) is 5.73. The Balaban J connectivity index is 1.52. The first kappa shape index (κ1) is 20.9.